The number of nitrogens with zero attached hydrogens (tertiary/aromatic N) is 1. The van der Waals surface area contributed by atoms with Crippen LogP contribution in [0.3, 0.4) is 0 Å². The molecule has 1 fully saturated rings. The Morgan fingerprint density at radius 1 is 1.52 bits per heavy atom. The van der Waals surface area contributed by atoms with Crippen molar-refractivity contribution in [2.45, 2.75) is 52.3 Å². The Labute approximate surface area is 126 Å². The van der Waals surface area contributed by atoms with Crippen molar-refractivity contribution in [2.75, 3.05) is 13.7 Å². The third-order valence-electron chi connectivity index (χ3n) is 3.97. The molecule has 1 amide bonds. The fourth-order valence-corrected chi connectivity index (χ4v) is 2.78. The Morgan fingerprint density at radius 2 is 2.24 bits per heavy atom. The third-order valence-corrected chi connectivity index (χ3v) is 3.97. The average Bonchev–Trinajstić information content (AvgIpc) is 3.02. The summed E-state index contributed by atoms with van der Waals surface area (Å²) < 4.78 is 16.3. The quantitative estimate of drug-likeness (QED) is 0.857. The number of carbonyl (C=O) groups excluding carboxylic acids is 1. The SMILES string of the molecule is COC(=O)N1[C@@H](C(C)(C)C)OC[C@@]1(C)CCc1ccco1. The molecule has 5 nitrogen and oxygen atoms in total. The van der Waals surface area contributed by atoms with Crippen LogP contribution < -0.4 is 0 Å². The predicted molar refractivity (Wildman–Crippen MR) is 78.9 cm³/mol. The zero-order valence-electron chi connectivity index (χ0n) is 13.5. The van der Waals surface area contributed by atoms with Crippen LogP contribution in [0.1, 0.15) is 39.9 Å². The molecule has 0 spiro atoms. The van der Waals surface area contributed by atoms with Gasteiger partial charge in [-0.25, -0.2) is 4.79 Å². The molecule has 118 valence electrons. The van der Waals surface area contributed by atoms with Gasteiger partial charge in [-0.05, 0) is 25.5 Å². The highest BCUT2D eigenvalue weighted by atomic mass is 16.6. The van der Waals surface area contributed by atoms with Gasteiger partial charge in [-0.2, -0.15) is 0 Å². The predicted octanol–water partition coefficient (Wildman–Crippen LogP) is 3.44. The van der Waals surface area contributed by atoms with Crippen LogP contribution in [0.4, 0.5) is 4.79 Å². The molecule has 2 heterocycles. The number of hydrogen-bond donors (Lipinski definition) is 0. The van der Waals surface area contributed by atoms with E-state index in [1.807, 2.05) is 19.1 Å². The van der Waals surface area contributed by atoms with E-state index in [0.29, 0.717) is 6.61 Å². The maximum atomic E-state index is 12.2. The van der Waals surface area contributed by atoms with Gasteiger partial charge in [0.05, 0.1) is 25.5 Å². The largest absolute Gasteiger partial charge is 0.469 e. The second-order valence-corrected chi connectivity index (χ2v) is 6.95. The molecule has 1 aliphatic heterocycles. The Kier molecular flexibility index (Phi) is 4.33. The number of ether oxygens (including phenoxy) is 2. The maximum Gasteiger partial charge on any atom is 0.412 e. The summed E-state index contributed by atoms with van der Waals surface area (Å²) in [5, 5.41) is 0. The summed E-state index contributed by atoms with van der Waals surface area (Å²) in [6, 6.07) is 3.82. The molecule has 0 bridgehead atoms. The molecule has 0 aromatic carbocycles. The van der Waals surface area contributed by atoms with Crippen LogP contribution in [0.5, 0.6) is 0 Å². The highest BCUT2D eigenvalue weighted by molar-refractivity contribution is 5.69. The molecule has 0 aliphatic carbocycles. The average molecular weight is 295 g/mol. The van der Waals surface area contributed by atoms with Crippen LogP contribution in [-0.4, -0.2) is 36.5 Å². The first-order chi connectivity index (χ1) is 9.78. The van der Waals surface area contributed by atoms with Gasteiger partial charge in [-0.3, -0.25) is 4.90 Å². The number of rotatable bonds is 3. The standard InChI is InChI=1S/C16H25NO4/c1-15(2,3)13-17(14(18)19-5)16(4,11-21-13)9-8-12-7-6-10-20-12/h6-7,10,13H,8-9,11H2,1-5H3/t13-,16-/m1/s1. The zero-order chi connectivity index (χ0) is 15.7. The molecule has 2 rings (SSSR count). The van der Waals surface area contributed by atoms with E-state index in [1.54, 1.807) is 11.2 Å². The molecule has 0 unspecified atom stereocenters. The zero-order valence-corrected chi connectivity index (χ0v) is 13.5. The van der Waals surface area contributed by atoms with Gasteiger partial charge in [-0.1, -0.05) is 20.8 Å². The van der Waals surface area contributed by atoms with Gasteiger partial charge in [0.2, 0.25) is 0 Å². The molecular weight excluding hydrogens is 270 g/mol. The maximum absolute atomic E-state index is 12.2. The molecular formula is C16H25NO4. The van der Waals surface area contributed by atoms with Crippen LogP contribution in [0.15, 0.2) is 22.8 Å². The lowest BCUT2D eigenvalue weighted by atomic mass is 9.90. The second kappa shape index (κ2) is 5.72. The highest BCUT2D eigenvalue weighted by Gasteiger charge is 2.51. The molecule has 0 saturated carbocycles. The van der Waals surface area contributed by atoms with E-state index in [9.17, 15) is 4.79 Å². The fourth-order valence-electron chi connectivity index (χ4n) is 2.78. The van der Waals surface area contributed by atoms with Crippen molar-refractivity contribution in [3.8, 4) is 0 Å². The lowest BCUT2D eigenvalue weighted by Crippen LogP contribution is -2.53. The Morgan fingerprint density at radius 3 is 2.76 bits per heavy atom. The molecule has 2 atom stereocenters. The number of furan rings is 1. The van der Waals surface area contributed by atoms with Crippen molar-refractivity contribution in [2.24, 2.45) is 5.41 Å². The van der Waals surface area contributed by atoms with E-state index in [0.717, 1.165) is 18.6 Å². The number of methoxy groups -OCH3 is 1. The Bertz CT molecular complexity index is 477. The van der Waals surface area contributed by atoms with Crippen molar-refractivity contribution >= 4 is 6.09 Å². The first-order valence-electron chi connectivity index (χ1n) is 7.29. The van der Waals surface area contributed by atoms with Gasteiger partial charge in [0.1, 0.15) is 12.0 Å². The van der Waals surface area contributed by atoms with Gasteiger partial charge < -0.3 is 13.9 Å². The number of aryl methyl sites for hydroxylation is 1. The summed E-state index contributed by atoms with van der Waals surface area (Å²) in [7, 11) is 1.41. The van der Waals surface area contributed by atoms with Crippen molar-refractivity contribution in [1.82, 2.24) is 4.90 Å². The number of amides is 1. The summed E-state index contributed by atoms with van der Waals surface area (Å²) in [6.45, 7) is 8.73. The first-order valence-corrected chi connectivity index (χ1v) is 7.29. The minimum absolute atomic E-state index is 0.170. The minimum Gasteiger partial charge on any atom is -0.469 e. The lowest BCUT2D eigenvalue weighted by molar-refractivity contribution is -0.0464. The molecule has 1 saturated heterocycles. The van der Waals surface area contributed by atoms with E-state index >= 15 is 0 Å². The fraction of sp³-hybridized carbons (Fsp3) is 0.688. The van der Waals surface area contributed by atoms with Crippen molar-refractivity contribution in [1.29, 1.82) is 0 Å². The minimum atomic E-state index is -0.391. The van der Waals surface area contributed by atoms with Gasteiger partial charge in [0, 0.05) is 11.8 Å². The lowest BCUT2D eigenvalue weighted by Gasteiger charge is -2.39. The summed E-state index contributed by atoms with van der Waals surface area (Å²) in [5.41, 5.74) is -0.561. The van der Waals surface area contributed by atoms with Gasteiger partial charge in [0.25, 0.3) is 0 Å². The first kappa shape index (κ1) is 15.9. The van der Waals surface area contributed by atoms with E-state index in [2.05, 4.69) is 20.8 Å². The molecule has 5 heteroatoms. The molecule has 21 heavy (non-hydrogen) atoms. The van der Waals surface area contributed by atoms with Crippen LogP contribution >= 0.6 is 0 Å². The van der Waals surface area contributed by atoms with E-state index in [-0.39, 0.29) is 17.7 Å². The Balaban J connectivity index is 2.18. The summed E-state index contributed by atoms with van der Waals surface area (Å²) in [5.74, 6) is 0.917. The Hall–Kier alpha value is -1.49. The normalized spacial score (nSPS) is 26.1. The monoisotopic (exact) mass is 295 g/mol. The number of carbonyl (C=O) groups is 1. The molecule has 0 N–H and O–H groups in total. The van der Waals surface area contributed by atoms with Crippen LogP contribution in [-0.2, 0) is 15.9 Å². The van der Waals surface area contributed by atoms with Gasteiger partial charge in [-0.15, -0.1) is 0 Å². The van der Waals surface area contributed by atoms with Gasteiger partial charge in [0.15, 0.2) is 0 Å². The van der Waals surface area contributed by atoms with Gasteiger partial charge >= 0.3 is 6.09 Å². The van der Waals surface area contributed by atoms with E-state index < -0.39 is 5.54 Å². The van der Waals surface area contributed by atoms with Crippen molar-refractivity contribution in [3.63, 3.8) is 0 Å². The summed E-state index contributed by atoms with van der Waals surface area (Å²) in [6.07, 6.45) is 2.57. The van der Waals surface area contributed by atoms with E-state index in [1.165, 1.54) is 7.11 Å². The summed E-state index contributed by atoms with van der Waals surface area (Å²) >= 11 is 0. The second-order valence-electron chi connectivity index (χ2n) is 6.95. The third kappa shape index (κ3) is 3.23. The highest BCUT2D eigenvalue weighted by Crippen LogP contribution is 2.39. The van der Waals surface area contributed by atoms with Crippen LogP contribution in [0.2, 0.25) is 0 Å². The van der Waals surface area contributed by atoms with Crippen molar-refractivity contribution in [3.05, 3.63) is 24.2 Å². The molecule has 1 aromatic rings. The topological polar surface area (TPSA) is 51.9 Å². The summed E-state index contributed by atoms with van der Waals surface area (Å²) in [4.78, 5) is 14.0. The van der Waals surface area contributed by atoms with Crippen LogP contribution in [0, 0.1) is 5.41 Å². The molecule has 1 aromatic heterocycles. The smallest absolute Gasteiger partial charge is 0.412 e. The van der Waals surface area contributed by atoms with E-state index in [4.69, 9.17) is 13.9 Å². The molecule has 1 aliphatic rings. The van der Waals surface area contributed by atoms with Crippen LogP contribution in [0.25, 0.3) is 0 Å². The molecule has 0 radical (unpaired) electrons. The number of hydrogen-bond acceptors (Lipinski definition) is 4. The van der Waals surface area contributed by atoms with Crippen molar-refractivity contribution < 1.29 is 18.7 Å².